The average molecular weight is 1130 g/mol. The molecule has 0 fully saturated rings. The van der Waals surface area contributed by atoms with E-state index in [9.17, 15) is 19.4 Å². The molecule has 0 radical (unpaired) electrons. The van der Waals surface area contributed by atoms with Crippen molar-refractivity contribution in [2.24, 2.45) is 0 Å². The van der Waals surface area contributed by atoms with E-state index in [1.54, 1.807) is 6.08 Å². The van der Waals surface area contributed by atoms with Crippen LogP contribution < -0.4 is 5.32 Å². The fourth-order valence-electron chi connectivity index (χ4n) is 8.80. The van der Waals surface area contributed by atoms with E-state index < -0.39 is 20.0 Å². The van der Waals surface area contributed by atoms with Crippen molar-refractivity contribution in [1.29, 1.82) is 0 Å². The molecule has 80 heavy (non-hydrogen) atoms. The lowest BCUT2D eigenvalue weighted by atomic mass is 10.0. The van der Waals surface area contributed by atoms with Gasteiger partial charge < -0.3 is 19.8 Å². The van der Waals surface area contributed by atoms with E-state index >= 15 is 0 Å². The van der Waals surface area contributed by atoms with Gasteiger partial charge in [-0.1, -0.05) is 276 Å². The Morgan fingerprint density at radius 2 is 0.762 bits per heavy atom. The normalized spacial score (nSPS) is 14.6. The van der Waals surface area contributed by atoms with Crippen LogP contribution in [0.25, 0.3) is 0 Å². The van der Waals surface area contributed by atoms with Gasteiger partial charge in [-0.3, -0.25) is 13.8 Å². The lowest BCUT2D eigenvalue weighted by Gasteiger charge is -2.25. The van der Waals surface area contributed by atoms with Crippen molar-refractivity contribution >= 4 is 13.7 Å². The first-order valence-electron chi connectivity index (χ1n) is 32.6. The molecule has 0 aromatic rings. The largest absolute Gasteiger partial charge is 0.472 e. The van der Waals surface area contributed by atoms with E-state index in [4.69, 9.17) is 9.05 Å². The summed E-state index contributed by atoms with van der Waals surface area (Å²) in [5.41, 5.74) is 0. The molecule has 0 aliphatic heterocycles. The summed E-state index contributed by atoms with van der Waals surface area (Å²) in [6.45, 7) is 4.67. The lowest BCUT2D eigenvalue weighted by molar-refractivity contribution is -0.870. The second-order valence-corrected chi connectivity index (χ2v) is 24.2. The van der Waals surface area contributed by atoms with Crippen LogP contribution in [-0.4, -0.2) is 73.4 Å². The molecule has 0 aromatic carbocycles. The minimum Gasteiger partial charge on any atom is -0.387 e. The highest BCUT2D eigenvalue weighted by molar-refractivity contribution is 7.47. The van der Waals surface area contributed by atoms with E-state index in [1.807, 2.05) is 27.2 Å². The number of allylic oxidation sites excluding steroid dienone is 21. The maximum atomic E-state index is 13.0. The Labute approximate surface area is 494 Å². The number of hydrogen-bond donors (Lipinski definition) is 3. The van der Waals surface area contributed by atoms with Crippen molar-refractivity contribution in [1.82, 2.24) is 5.32 Å². The van der Waals surface area contributed by atoms with Crippen LogP contribution in [0.2, 0.25) is 0 Å². The minimum atomic E-state index is -4.37. The molecular formula is C71H124N2O6P+. The summed E-state index contributed by atoms with van der Waals surface area (Å²) in [5, 5.41) is 13.9. The maximum absolute atomic E-state index is 13.0. The molecule has 0 aliphatic rings. The number of carbonyl (C=O) groups excluding carboxylic acids is 1. The van der Waals surface area contributed by atoms with Crippen LogP contribution in [0.4, 0.5) is 0 Å². The summed E-state index contributed by atoms with van der Waals surface area (Å²) >= 11 is 0. The van der Waals surface area contributed by atoms with Crippen LogP contribution in [0.15, 0.2) is 134 Å². The van der Waals surface area contributed by atoms with Crippen molar-refractivity contribution in [3.8, 4) is 0 Å². The zero-order chi connectivity index (χ0) is 58.4. The summed E-state index contributed by atoms with van der Waals surface area (Å²) in [4.78, 5) is 23.4. The number of phosphoric acid groups is 1. The molecular weight excluding hydrogens is 1010 g/mol. The summed E-state index contributed by atoms with van der Waals surface area (Å²) in [5.74, 6) is -0.197. The third-order valence-electron chi connectivity index (χ3n) is 13.8. The number of nitrogens with one attached hydrogen (secondary N) is 1. The van der Waals surface area contributed by atoms with Gasteiger partial charge in [0.25, 0.3) is 0 Å². The number of aliphatic hydroxyl groups excluding tert-OH is 1. The number of hydrogen-bond acceptors (Lipinski definition) is 5. The Kier molecular flexibility index (Phi) is 57.7. The number of likely N-dealkylation sites (N-methyl/N-ethyl adjacent to an activating group) is 1. The summed E-state index contributed by atoms with van der Waals surface area (Å²) in [7, 11) is 1.53. The first kappa shape index (κ1) is 76.6. The fourth-order valence-corrected chi connectivity index (χ4v) is 9.53. The van der Waals surface area contributed by atoms with Gasteiger partial charge >= 0.3 is 7.82 Å². The van der Waals surface area contributed by atoms with Crippen LogP contribution in [-0.2, 0) is 18.4 Å². The number of carbonyl (C=O) groups is 1. The van der Waals surface area contributed by atoms with E-state index in [0.717, 1.165) is 96.3 Å². The van der Waals surface area contributed by atoms with Crippen LogP contribution in [0, 0.1) is 0 Å². The van der Waals surface area contributed by atoms with Crippen LogP contribution >= 0.6 is 7.82 Å². The number of phosphoric ester groups is 1. The summed E-state index contributed by atoms with van der Waals surface area (Å²) in [6, 6.07) is -0.880. The Morgan fingerprint density at radius 3 is 1.15 bits per heavy atom. The van der Waals surface area contributed by atoms with Crippen molar-refractivity contribution in [2.45, 2.75) is 270 Å². The second-order valence-electron chi connectivity index (χ2n) is 22.7. The molecule has 3 unspecified atom stereocenters. The first-order valence-corrected chi connectivity index (χ1v) is 34.1. The predicted octanol–water partition coefficient (Wildman–Crippen LogP) is 20.7. The van der Waals surface area contributed by atoms with Gasteiger partial charge in [0.2, 0.25) is 5.91 Å². The molecule has 9 heteroatoms. The molecule has 3 N–H and O–H groups in total. The Bertz CT molecular complexity index is 1760. The Morgan fingerprint density at radius 1 is 0.438 bits per heavy atom. The smallest absolute Gasteiger partial charge is 0.387 e. The van der Waals surface area contributed by atoms with Gasteiger partial charge in [-0.2, -0.15) is 0 Å². The number of aliphatic hydroxyl groups is 1. The maximum Gasteiger partial charge on any atom is 0.472 e. The average Bonchev–Trinajstić information content (AvgIpc) is 3.42. The van der Waals surface area contributed by atoms with Crippen LogP contribution in [0.3, 0.4) is 0 Å². The molecule has 0 rings (SSSR count). The minimum absolute atomic E-state index is 0.0474. The monoisotopic (exact) mass is 1130 g/mol. The van der Waals surface area contributed by atoms with Gasteiger partial charge in [0.1, 0.15) is 13.2 Å². The molecule has 0 aliphatic carbocycles. The predicted molar refractivity (Wildman–Crippen MR) is 350 cm³/mol. The number of unbranched alkanes of at least 4 members (excludes halogenated alkanes) is 25. The van der Waals surface area contributed by atoms with Crippen molar-refractivity contribution in [2.75, 3.05) is 40.9 Å². The van der Waals surface area contributed by atoms with Crippen LogP contribution in [0.5, 0.6) is 0 Å². The Hall–Kier alpha value is -3.36. The number of rotatable bonds is 58. The summed E-state index contributed by atoms with van der Waals surface area (Å²) < 4.78 is 23.7. The van der Waals surface area contributed by atoms with Gasteiger partial charge in [0.15, 0.2) is 0 Å². The third-order valence-corrected chi connectivity index (χ3v) is 14.8. The van der Waals surface area contributed by atoms with Crippen molar-refractivity contribution in [3.63, 3.8) is 0 Å². The summed E-state index contributed by atoms with van der Waals surface area (Å²) in [6.07, 6.45) is 91.5. The zero-order valence-corrected chi connectivity index (χ0v) is 53.2. The standard InChI is InChI=1S/C71H123N2O6P/c1-6-8-10-12-14-16-18-20-22-24-26-28-29-30-31-32-33-34-35-36-37-38-39-40-41-42-43-45-47-49-51-53-55-57-59-61-63-65-71(75)72-69(68-79-80(76,77)78-67-66-73(3,4)5)70(74)64-62-60-58-56-54-52-50-48-46-44-27-25-23-21-19-17-15-13-11-9-7-2/h8,10,14,16,20,22,26,28,30-31,33-34,36-37,39-40,46,48,54,56,62,64,69-70,74H,6-7,9,11-13,15,17-19,21,23-25,27,29,32,35,38,41-45,47,49-53,55,57-61,63,65-68H2,1-5H3,(H-,72,75,76,77)/p+1/b10-8-,16-14-,22-20-,28-26-,31-30-,34-33-,37-36-,40-39-,48-46+,56-54+,64-62+. The van der Waals surface area contributed by atoms with E-state index in [1.165, 1.54) is 141 Å². The fraction of sp³-hybridized carbons (Fsp3) is 0.676. The molecule has 0 saturated heterocycles. The van der Waals surface area contributed by atoms with Gasteiger partial charge in [-0.15, -0.1) is 0 Å². The molecule has 0 aromatic heterocycles. The Balaban J connectivity index is 4.18. The van der Waals surface area contributed by atoms with Gasteiger partial charge in [-0.05, 0) is 109 Å². The number of nitrogens with zero attached hydrogens (tertiary/aromatic N) is 1. The highest BCUT2D eigenvalue weighted by Crippen LogP contribution is 2.43. The molecule has 0 bridgehead atoms. The quantitative estimate of drug-likeness (QED) is 0.0243. The SMILES string of the molecule is CC/C=C\C/C=C\C/C=C\C/C=C\C/C=C\C/C=C\C/C=C\C/C=C\CCCCCCCCCCCCCCC(=O)NC(COP(=O)(O)OCC[N+](C)(C)C)C(O)/C=C/CC/C=C/CC/C=C/CCCCCCCCCCCCC. The lowest BCUT2D eigenvalue weighted by Crippen LogP contribution is -2.45. The van der Waals surface area contributed by atoms with Gasteiger partial charge in [0.05, 0.1) is 39.9 Å². The number of amides is 1. The van der Waals surface area contributed by atoms with Crippen molar-refractivity contribution in [3.05, 3.63) is 134 Å². The molecule has 0 saturated carbocycles. The van der Waals surface area contributed by atoms with Gasteiger partial charge in [0, 0.05) is 6.42 Å². The van der Waals surface area contributed by atoms with Crippen molar-refractivity contribution < 1.29 is 32.9 Å². The van der Waals surface area contributed by atoms with E-state index in [0.29, 0.717) is 17.4 Å². The first-order chi connectivity index (χ1) is 39.0. The van der Waals surface area contributed by atoms with Crippen LogP contribution in [0.1, 0.15) is 258 Å². The molecule has 0 heterocycles. The van der Waals surface area contributed by atoms with E-state index in [-0.39, 0.29) is 19.1 Å². The molecule has 8 nitrogen and oxygen atoms in total. The highest BCUT2D eigenvalue weighted by Gasteiger charge is 2.27. The third kappa shape index (κ3) is 62.2. The highest BCUT2D eigenvalue weighted by atomic mass is 31.2. The van der Waals surface area contributed by atoms with Gasteiger partial charge in [-0.25, -0.2) is 4.57 Å². The topological polar surface area (TPSA) is 105 Å². The molecule has 0 spiro atoms. The van der Waals surface area contributed by atoms with E-state index in [2.05, 4.69) is 141 Å². The molecule has 458 valence electrons. The zero-order valence-electron chi connectivity index (χ0n) is 52.3. The molecule has 3 atom stereocenters. The second kappa shape index (κ2) is 60.2. The molecule has 1 amide bonds. The number of quaternary nitrogens is 1.